The molecule has 1 fully saturated rings. The van der Waals surface area contributed by atoms with E-state index in [-0.39, 0.29) is 12.1 Å². The smallest absolute Gasteiger partial charge is 0.224 e. The molecule has 0 aliphatic heterocycles. The Morgan fingerprint density at radius 1 is 1.19 bits per heavy atom. The Hall–Kier alpha value is -3.31. The first-order valence-electron chi connectivity index (χ1n) is 11.3. The van der Waals surface area contributed by atoms with Crippen LogP contribution >= 0.6 is 0 Å². The topological polar surface area (TPSA) is 108 Å². The highest BCUT2D eigenvalue weighted by atomic mass is 16.3. The quantitative estimate of drug-likeness (QED) is 0.430. The Kier molecular flexibility index (Phi) is 7.41. The lowest BCUT2D eigenvalue weighted by Crippen LogP contribution is -2.29. The number of unbranched alkanes of at least 4 members (excludes halogenated alkanes) is 1. The molecule has 0 unspecified atom stereocenters. The summed E-state index contributed by atoms with van der Waals surface area (Å²) in [5, 5.41) is 16.7. The van der Waals surface area contributed by atoms with Crippen molar-refractivity contribution in [3.8, 4) is 23.1 Å². The fourth-order valence-electron chi connectivity index (χ4n) is 3.73. The monoisotopic (exact) mass is 431 g/mol. The van der Waals surface area contributed by atoms with Gasteiger partial charge in [0.15, 0.2) is 5.82 Å². The van der Waals surface area contributed by atoms with Crippen molar-refractivity contribution >= 4 is 23.3 Å². The van der Waals surface area contributed by atoms with Crippen LogP contribution in [0.2, 0.25) is 0 Å². The Morgan fingerprint density at radius 2 is 2.06 bits per heavy atom. The molecule has 3 N–H and O–H groups in total. The molecule has 1 saturated carbocycles. The van der Waals surface area contributed by atoms with Crippen LogP contribution < -0.4 is 10.6 Å². The van der Waals surface area contributed by atoms with E-state index >= 15 is 0 Å². The van der Waals surface area contributed by atoms with Crippen LogP contribution in [-0.2, 0) is 0 Å². The molecule has 2 aromatic rings. The van der Waals surface area contributed by atoms with E-state index in [0.717, 1.165) is 62.2 Å². The number of nitrogens with zero attached hydrogens (tertiary/aromatic N) is 5. The molecule has 0 aromatic carbocycles. The van der Waals surface area contributed by atoms with E-state index in [0.29, 0.717) is 23.9 Å². The molecule has 0 spiro atoms. The predicted molar refractivity (Wildman–Crippen MR) is 127 cm³/mol. The Bertz CT molecular complexity index is 1050. The van der Waals surface area contributed by atoms with Gasteiger partial charge in [-0.15, -0.1) is 0 Å². The molecule has 32 heavy (non-hydrogen) atoms. The number of hydrogen-bond acceptors (Lipinski definition) is 8. The number of aliphatic hydroxyl groups excluding tert-OH is 1. The fourth-order valence-corrected chi connectivity index (χ4v) is 3.73. The molecular formula is C24H29N7O. The molecule has 8 heteroatoms. The summed E-state index contributed by atoms with van der Waals surface area (Å²) >= 11 is 0. The highest BCUT2D eigenvalue weighted by Gasteiger charge is 2.21. The lowest BCUT2D eigenvalue weighted by molar-refractivity contribution is 0.126. The average molecular weight is 432 g/mol. The second-order valence-electron chi connectivity index (χ2n) is 8.08. The molecular weight excluding hydrogens is 402 g/mol. The molecule has 8 nitrogen and oxygen atoms in total. The van der Waals surface area contributed by atoms with Crippen LogP contribution in [0.15, 0.2) is 35.7 Å². The number of allylic oxidation sites excluding steroid dienone is 2. The lowest BCUT2D eigenvalue weighted by Gasteiger charge is -2.27. The maximum absolute atomic E-state index is 9.85. The van der Waals surface area contributed by atoms with Gasteiger partial charge in [0, 0.05) is 24.8 Å². The van der Waals surface area contributed by atoms with Crippen molar-refractivity contribution in [2.45, 2.75) is 64.0 Å². The standard InChI is InChI=1S/C24H29N7O/c1-2-3-13-25-24-26-15-20(23(31-24)30-18-9-11-19(32)12-10-18)21-14-22(28-16-27-21)29-17-7-5-4-6-8-17/h5,7,14-16,18-19,32H,2-3,8-13H2,1H3,(H2,25,26,30,31). The summed E-state index contributed by atoms with van der Waals surface area (Å²) in [6.07, 6.45) is 13.0. The first kappa shape index (κ1) is 21.9. The lowest BCUT2D eigenvalue weighted by atomic mass is 9.93. The van der Waals surface area contributed by atoms with Crippen LogP contribution in [0.5, 0.6) is 0 Å². The summed E-state index contributed by atoms with van der Waals surface area (Å²) in [6, 6.07) is 2.10. The number of nitrogens with one attached hydrogen (secondary N) is 2. The number of anilines is 2. The average Bonchev–Trinajstić information content (AvgIpc) is 2.82. The predicted octanol–water partition coefficient (Wildman–Crippen LogP) is 3.90. The number of aliphatic imine (C=N–C) groups is 1. The minimum absolute atomic E-state index is 0.203. The van der Waals surface area contributed by atoms with E-state index < -0.39 is 0 Å². The van der Waals surface area contributed by atoms with E-state index in [1.165, 1.54) is 6.33 Å². The van der Waals surface area contributed by atoms with Crippen LogP contribution in [0.25, 0.3) is 11.3 Å². The number of aromatic nitrogens is 4. The number of aliphatic hydroxyl groups is 1. The second kappa shape index (κ2) is 10.8. The normalized spacial score (nSPS) is 21.1. The molecule has 0 saturated heterocycles. The van der Waals surface area contributed by atoms with E-state index in [9.17, 15) is 5.11 Å². The zero-order valence-corrected chi connectivity index (χ0v) is 18.4. The van der Waals surface area contributed by atoms with E-state index in [1.807, 2.05) is 12.1 Å². The minimum atomic E-state index is -0.203. The van der Waals surface area contributed by atoms with Crippen molar-refractivity contribution in [3.63, 3.8) is 0 Å². The highest BCUT2D eigenvalue weighted by molar-refractivity contribution is 5.99. The van der Waals surface area contributed by atoms with E-state index in [2.05, 4.69) is 49.3 Å². The van der Waals surface area contributed by atoms with Crippen LogP contribution in [-0.4, -0.2) is 49.4 Å². The van der Waals surface area contributed by atoms with Gasteiger partial charge in [-0.05, 0) is 44.3 Å². The molecule has 2 heterocycles. The molecule has 2 aromatic heterocycles. The molecule has 0 atom stereocenters. The fraction of sp³-hybridized carbons (Fsp3) is 0.458. The Morgan fingerprint density at radius 3 is 2.84 bits per heavy atom. The first-order valence-corrected chi connectivity index (χ1v) is 11.3. The third-order valence-electron chi connectivity index (χ3n) is 5.56. The van der Waals surface area contributed by atoms with Gasteiger partial charge in [0.05, 0.1) is 29.5 Å². The molecule has 2 aliphatic rings. The van der Waals surface area contributed by atoms with Crippen molar-refractivity contribution in [1.82, 2.24) is 19.9 Å². The van der Waals surface area contributed by atoms with Crippen LogP contribution in [0.1, 0.15) is 51.9 Å². The molecule has 166 valence electrons. The maximum Gasteiger partial charge on any atom is 0.224 e. The van der Waals surface area contributed by atoms with Crippen LogP contribution in [0, 0.1) is 11.8 Å². The van der Waals surface area contributed by atoms with Gasteiger partial charge in [0.2, 0.25) is 5.95 Å². The number of rotatable bonds is 8. The van der Waals surface area contributed by atoms with Crippen LogP contribution in [0.4, 0.5) is 17.6 Å². The largest absolute Gasteiger partial charge is 0.393 e. The molecule has 0 radical (unpaired) electrons. The SMILES string of the molecule is CCCCNc1ncc(-c2cc(N=C3C=CC#CC3)ncn2)c(NC2CCC(O)CC2)n1. The molecule has 2 aliphatic carbocycles. The van der Waals surface area contributed by atoms with Gasteiger partial charge in [-0.1, -0.05) is 25.2 Å². The summed E-state index contributed by atoms with van der Waals surface area (Å²) in [6.45, 7) is 2.98. The van der Waals surface area contributed by atoms with Crippen molar-refractivity contribution in [3.05, 3.63) is 30.7 Å². The van der Waals surface area contributed by atoms with Gasteiger partial charge in [0.25, 0.3) is 0 Å². The summed E-state index contributed by atoms with van der Waals surface area (Å²) in [4.78, 5) is 22.6. The van der Waals surface area contributed by atoms with Crippen molar-refractivity contribution < 1.29 is 5.11 Å². The van der Waals surface area contributed by atoms with Gasteiger partial charge >= 0.3 is 0 Å². The number of hydrogen-bond donors (Lipinski definition) is 3. The first-order chi connectivity index (χ1) is 15.7. The maximum atomic E-state index is 9.85. The zero-order valence-electron chi connectivity index (χ0n) is 18.4. The van der Waals surface area contributed by atoms with Crippen LogP contribution in [0.3, 0.4) is 0 Å². The summed E-state index contributed by atoms with van der Waals surface area (Å²) in [5.74, 6) is 7.85. The molecule has 4 rings (SSSR count). The third kappa shape index (κ3) is 5.89. The summed E-state index contributed by atoms with van der Waals surface area (Å²) in [5.41, 5.74) is 2.39. The Labute approximate surface area is 188 Å². The molecule has 0 amide bonds. The third-order valence-corrected chi connectivity index (χ3v) is 5.56. The zero-order chi connectivity index (χ0) is 22.2. The van der Waals surface area contributed by atoms with Gasteiger partial charge < -0.3 is 15.7 Å². The second-order valence-corrected chi connectivity index (χ2v) is 8.08. The Balaban J connectivity index is 1.61. The minimum Gasteiger partial charge on any atom is -0.393 e. The van der Waals surface area contributed by atoms with Gasteiger partial charge in [0.1, 0.15) is 12.1 Å². The highest BCUT2D eigenvalue weighted by Crippen LogP contribution is 2.30. The van der Waals surface area contributed by atoms with Gasteiger partial charge in [-0.25, -0.2) is 19.9 Å². The van der Waals surface area contributed by atoms with E-state index in [4.69, 9.17) is 4.98 Å². The van der Waals surface area contributed by atoms with Crippen molar-refractivity contribution in [1.29, 1.82) is 0 Å². The summed E-state index contributed by atoms with van der Waals surface area (Å²) in [7, 11) is 0. The van der Waals surface area contributed by atoms with Gasteiger partial charge in [-0.3, -0.25) is 0 Å². The van der Waals surface area contributed by atoms with Crippen molar-refractivity contribution in [2.24, 2.45) is 4.99 Å². The van der Waals surface area contributed by atoms with Gasteiger partial charge in [-0.2, -0.15) is 4.98 Å². The van der Waals surface area contributed by atoms with E-state index in [1.54, 1.807) is 12.3 Å². The molecule has 0 bridgehead atoms. The summed E-state index contributed by atoms with van der Waals surface area (Å²) < 4.78 is 0. The van der Waals surface area contributed by atoms with Crippen molar-refractivity contribution in [2.75, 3.05) is 17.2 Å².